The summed E-state index contributed by atoms with van der Waals surface area (Å²) in [5, 5.41) is 6.83. The van der Waals surface area contributed by atoms with Gasteiger partial charge in [0, 0.05) is 23.8 Å². The van der Waals surface area contributed by atoms with E-state index in [0.29, 0.717) is 12.1 Å². The molecule has 0 aromatic carbocycles. The topological polar surface area (TPSA) is 49.8 Å². The van der Waals surface area contributed by atoms with Crippen LogP contribution in [0.25, 0.3) is 0 Å². The average molecular weight is 220 g/mol. The summed E-state index contributed by atoms with van der Waals surface area (Å²) in [6.45, 7) is 1.99. The fraction of sp³-hybridized carbons (Fsp3) is 0.667. The molecule has 0 unspecified atom stereocenters. The monoisotopic (exact) mass is 220 g/mol. The summed E-state index contributed by atoms with van der Waals surface area (Å²) < 4.78 is 0. The number of nitrogens with one attached hydrogen (secondary N) is 2. The van der Waals surface area contributed by atoms with E-state index in [1.54, 1.807) is 6.33 Å². The third-order valence-corrected chi connectivity index (χ3v) is 3.29. The number of rotatable bonds is 3. The quantitative estimate of drug-likeness (QED) is 0.814. The molecule has 1 aliphatic rings. The van der Waals surface area contributed by atoms with Gasteiger partial charge in [0.05, 0.1) is 0 Å². The maximum atomic E-state index is 4.24. The molecule has 0 aliphatic heterocycles. The van der Waals surface area contributed by atoms with E-state index in [-0.39, 0.29) is 0 Å². The van der Waals surface area contributed by atoms with Gasteiger partial charge >= 0.3 is 0 Å². The number of anilines is 1. The maximum Gasteiger partial charge on any atom is 0.129 e. The van der Waals surface area contributed by atoms with Gasteiger partial charge in [-0.3, -0.25) is 0 Å². The van der Waals surface area contributed by atoms with Gasteiger partial charge in [-0.15, -0.1) is 0 Å². The summed E-state index contributed by atoms with van der Waals surface area (Å²) >= 11 is 0. The minimum Gasteiger partial charge on any atom is -0.367 e. The molecule has 0 amide bonds. The smallest absolute Gasteiger partial charge is 0.129 e. The van der Waals surface area contributed by atoms with Crippen molar-refractivity contribution in [2.45, 2.75) is 44.7 Å². The van der Waals surface area contributed by atoms with Gasteiger partial charge in [0.15, 0.2) is 0 Å². The van der Waals surface area contributed by atoms with Crippen LogP contribution in [0, 0.1) is 6.92 Å². The van der Waals surface area contributed by atoms with Crippen molar-refractivity contribution in [3.63, 3.8) is 0 Å². The zero-order chi connectivity index (χ0) is 11.4. The van der Waals surface area contributed by atoms with Crippen LogP contribution in [0.3, 0.4) is 0 Å². The Hall–Kier alpha value is -1.16. The summed E-state index contributed by atoms with van der Waals surface area (Å²) in [6.07, 6.45) is 6.55. The molecule has 1 aromatic rings. The molecule has 4 nitrogen and oxygen atoms in total. The number of hydrogen-bond acceptors (Lipinski definition) is 4. The molecule has 1 aliphatic carbocycles. The maximum absolute atomic E-state index is 4.24. The van der Waals surface area contributed by atoms with Crippen molar-refractivity contribution in [3.05, 3.63) is 18.1 Å². The normalized spacial score (nSPS) is 25.4. The molecule has 2 rings (SSSR count). The largest absolute Gasteiger partial charge is 0.367 e. The zero-order valence-corrected chi connectivity index (χ0v) is 10.0. The first-order chi connectivity index (χ1) is 7.78. The summed E-state index contributed by atoms with van der Waals surface area (Å²) in [7, 11) is 2.05. The Morgan fingerprint density at radius 1 is 1.12 bits per heavy atom. The molecule has 1 fully saturated rings. The Morgan fingerprint density at radius 3 is 2.44 bits per heavy atom. The first-order valence-corrected chi connectivity index (χ1v) is 6.00. The second-order valence-electron chi connectivity index (χ2n) is 4.53. The minimum absolute atomic E-state index is 0.568. The van der Waals surface area contributed by atoms with E-state index in [1.807, 2.05) is 20.0 Å². The van der Waals surface area contributed by atoms with E-state index in [4.69, 9.17) is 0 Å². The molecule has 1 aromatic heterocycles. The van der Waals surface area contributed by atoms with E-state index >= 15 is 0 Å². The van der Waals surface area contributed by atoms with E-state index in [2.05, 4.69) is 20.6 Å². The predicted molar refractivity (Wildman–Crippen MR) is 65.5 cm³/mol. The lowest BCUT2D eigenvalue weighted by atomic mass is 9.91. The van der Waals surface area contributed by atoms with Crippen molar-refractivity contribution in [1.82, 2.24) is 15.3 Å². The molecule has 1 saturated carbocycles. The fourth-order valence-electron chi connectivity index (χ4n) is 2.27. The van der Waals surface area contributed by atoms with Crippen LogP contribution in [0.4, 0.5) is 5.82 Å². The number of aryl methyl sites for hydroxylation is 1. The Kier molecular flexibility index (Phi) is 3.72. The molecule has 1 heterocycles. The lowest BCUT2D eigenvalue weighted by Crippen LogP contribution is -2.35. The molecule has 16 heavy (non-hydrogen) atoms. The summed E-state index contributed by atoms with van der Waals surface area (Å²) in [5.74, 6) is 0.959. The SMILES string of the molecule is CNC1CCC(Nc2cc(C)ncn2)CC1. The summed E-state index contributed by atoms with van der Waals surface area (Å²) in [5.41, 5.74) is 1.02. The molecule has 0 spiro atoms. The molecule has 88 valence electrons. The van der Waals surface area contributed by atoms with Gasteiger partial charge < -0.3 is 10.6 Å². The molecule has 0 saturated heterocycles. The molecule has 2 N–H and O–H groups in total. The van der Waals surface area contributed by atoms with E-state index in [0.717, 1.165) is 11.5 Å². The lowest BCUT2D eigenvalue weighted by molar-refractivity contribution is 0.371. The third kappa shape index (κ3) is 2.92. The minimum atomic E-state index is 0.568. The van der Waals surface area contributed by atoms with Crippen LogP contribution in [-0.4, -0.2) is 29.1 Å². The standard InChI is InChI=1S/C12H20N4/c1-9-7-12(15-8-14-9)16-11-5-3-10(13-2)4-6-11/h7-8,10-11,13H,3-6H2,1-2H3,(H,14,15,16). The van der Waals surface area contributed by atoms with E-state index in [9.17, 15) is 0 Å². The van der Waals surface area contributed by atoms with Crippen molar-refractivity contribution in [1.29, 1.82) is 0 Å². The van der Waals surface area contributed by atoms with Crippen LogP contribution < -0.4 is 10.6 Å². The van der Waals surface area contributed by atoms with Crippen LogP contribution in [0.5, 0.6) is 0 Å². The second-order valence-corrected chi connectivity index (χ2v) is 4.53. The van der Waals surface area contributed by atoms with Crippen LogP contribution in [-0.2, 0) is 0 Å². The first-order valence-electron chi connectivity index (χ1n) is 6.00. The molecular weight excluding hydrogens is 200 g/mol. The van der Waals surface area contributed by atoms with Crippen LogP contribution in [0.1, 0.15) is 31.4 Å². The summed E-state index contributed by atoms with van der Waals surface area (Å²) in [6, 6.07) is 3.27. The van der Waals surface area contributed by atoms with Gasteiger partial charge in [-0.1, -0.05) is 0 Å². The number of hydrogen-bond donors (Lipinski definition) is 2. The second kappa shape index (κ2) is 5.25. The predicted octanol–water partition coefficient (Wildman–Crippen LogP) is 1.73. The Labute approximate surface area is 96.9 Å². The van der Waals surface area contributed by atoms with Crippen molar-refractivity contribution in [2.24, 2.45) is 0 Å². The number of aromatic nitrogens is 2. The third-order valence-electron chi connectivity index (χ3n) is 3.29. The Balaban J connectivity index is 1.87. The van der Waals surface area contributed by atoms with Gasteiger partial charge in [0.2, 0.25) is 0 Å². The van der Waals surface area contributed by atoms with Crippen LogP contribution in [0.15, 0.2) is 12.4 Å². The van der Waals surface area contributed by atoms with Gasteiger partial charge in [0.1, 0.15) is 12.1 Å². The highest BCUT2D eigenvalue weighted by molar-refractivity contribution is 5.35. The van der Waals surface area contributed by atoms with Crippen molar-refractivity contribution < 1.29 is 0 Å². The zero-order valence-electron chi connectivity index (χ0n) is 10.0. The summed E-state index contributed by atoms with van der Waals surface area (Å²) in [4.78, 5) is 8.33. The van der Waals surface area contributed by atoms with Crippen molar-refractivity contribution in [2.75, 3.05) is 12.4 Å². The molecule has 0 bridgehead atoms. The van der Waals surface area contributed by atoms with Crippen molar-refractivity contribution in [3.8, 4) is 0 Å². The van der Waals surface area contributed by atoms with Crippen molar-refractivity contribution >= 4 is 5.82 Å². The molecule has 0 atom stereocenters. The first kappa shape index (κ1) is 11.3. The van der Waals surface area contributed by atoms with E-state index in [1.165, 1.54) is 25.7 Å². The molecular formula is C12H20N4. The Morgan fingerprint density at radius 2 is 1.81 bits per heavy atom. The molecule has 4 heteroatoms. The van der Waals surface area contributed by atoms with Gasteiger partial charge in [-0.2, -0.15) is 0 Å². The van der Waals surface area contributed by atoms with Crippen LogP contribution in [0.2, 0.25) is 0 Å². The van der Waals surface area contributed by atoms with Gasteiger partial charge in [-0.25, -0.2) is 9.97 Å². The number of nitrogens with zero attached hydrogens (tertiary/aromatic N) is 2. The Bertz CT molecular complexity index is 332. The molecule has 0 radical (unpaired) electrons. The highest BCUT2D eigenvalue weighted by Gasteiger charge is 2.19. The highest BCUT2D eigenvalue weighted by Crippen LogP contribution is 2.21. The van der Waals surface area contributed by atoms with Gasteiger partial charge in [-0.05, 0) is 39.7 Å². The highest BCUT2D eigenvalue weighted by atomic mass is 15.0. The van der Waals surface area contributed by atoms with Crippen LogP contribution >= 0.6 is 0 Å². The lowest BCUT2D eigenvalue weighted by Gasteiger charge is -2.29. The van der Waals surface area contributed by atoms with Gasteiger partial charge in [0.25, 0.3) is 0 Å². The van der Waals surface area contributed by atoms with E-state index < -0.39 is 0 Å². The average Bonchev–Trinajstić information content (AvgIpc) is 2.30. The fourth-order valence-corrected chi connectivity index (χ4v) is 2.27.